The predicted molar refractivity (Wildman–Crippen MR) is 73.2 cm³/mol. The van der Waals surface area contributed by atoms with Gasteiger partial charge in [0, 0.05) is 6.04 Å². The lowest BCUT2D eigenvalue weighted by atomic mass is 10.0. The van der Waals surface area contributed by atoms with Gasteiger partial charge in [0.1, 0.15) is 12.1 Å². The van der Waals surface area contributed by atoms with Crippen LogP contribution in [0.4, 0.5) is 4.79 Å². The van der Waals surface area contributed by atoms with E-state index in [1.54, 1.807) is 0 Å². The van der Waals surface area contributed by atoms with Gasteiger partial charge in [-0.15, -0.1) is 0 Å². The maximum Gasteiger partial charge on any atom is 0.411 e. The van der Waals surface area contributed by atoms with Crippen LogP contribution in [0.1, 0.15) is 32.3 Å². The van der Waals surface area contributed by atoms with Crippen LogP contribution in [0, 0.1) is 0 Å². The molecule has 1 N–H and O–H groups in total. The second kappa shape index (κ2) is 5.53. The average Bonchev–Trinajstić information content (AvgIpc) is 3.22. The van der Waals surface area contributed by atoms with Crippen molar-refractivity contribution in [2.45, 2.75) is 44.9 Å². The highest BCUT2D eigenvalue weighted by atomic mass is 16.6. The molecule has 2 rings (SSSR count). The van der Waals surface area contributed by atoms with E-state index < -0.39 is 17.6 Å². The minimum absolute atomic E-state index is 0.0237. The number of rotatable bonds is 5. The van der Waals surface area contributed by atoms with Crippen LogP contribution >= 0.6 is 0 Å². The van der Waals surface area contributed by atoms with Crippen LogP contribution < -0.4 is 0 Å². The Morgan fingerprint density at radius 3 is 2.40 bits per heavy atom. The topological polar surface area (TPSA) is 66.8 Å². The molecule has 0 aromatic heterocycles. The molecule has 1 aromatic rings. The number of nitrogens with zero attached hydrogens (tertiary/aromatic N) is 1. The van der Waals surface area contributed by atoms with Crippen LogP contribution in [0.5, 0.6) is 0 Å². The molecule has 0 heterocycles. The first-order valence-corrected chi connectivity index (χ1v) is 6.66. The van der Waals surface area contributed by atoms with Crippen molar-refractivity contribution in [1.82, 2.24) is 4.90 Å². The molecule has 1 aromatic carbocycles. The minimum Gasteiger partial charge on any atom is -0.480 e. The molecule has 0 aliphatic heterocycles. The maximum absolute atomic E-state index is 12.2. The number of carboxylic acids is 1. The number of hydrogen-bond acceptors (Lipinski definition) is 3. The lowest BCUT2D eigenvalue weighted by molar-refractivity contribution is -0.148. The van der Waals surface area contributed by atoms with E-state index in [1.165, 1.54) is 18.7 Å². The normalized spacial score (nSPS) is 14.7. The zero-order valence-electron chi connectivity index (χ0n) is 11.7. The third kappa shape index (κ3) is 3.10. The maximum atomic E-state index is 12.2. The summed E-state index contributed by atoms with van der Waals surface area (Å²) in [6.07, 6.45) is 1.10. The third-order valence-electron chi connectivity index (χ3n) is 3.44. The van der Waals surface area contributed by atoms with Gasteiger partial charge in [0.05, 0.1) is 0 Å². The summed E-state index contributed by atoms with van der Waals surface area (Å²) in [5.41, 5.74) is -0.376. The van der Waals surface area contributed by atoms with Crippen molar-refractivity contribution in [3.63, 3.8) is 0 Å². The highest BCUT2D eigenvalue weighted by molar-refractivity contribution is 5.84. The summed E-state index contributed by atoms with van der Waals surface area (Å²) in [6.45, 7) is 3.20. The van der Waals surface area contributed by atoms with Crippen molar-refractivity contribution in [3.8, 4) is 0 Å². The SMILES string of the molecule is CC(C)(C(=O)O)N(C(=O)OCc1ccccc1)C1CC1. The summed E-state index contributed by atoms with van der Waals surface area (Å²) in [4.78, 5) is 24.9. The second-order valence-corrected chi connectivity index (χ2v) is 5.51. The van der Waals surface area contributed by atoms with Crippen molar-refractivity contribution < 1.29 is 19.4 Å². The largest absolute Gasteiger partial charge is 0.480 e. The van der Waals surface area contributed by atoms with E-state index in [1.807, 2.05) is 30.3 Å². The summed E-state index contributed by atoms with van der Waals surface area (Å²) < 4.78 is 5.25. The molecular formula is C15H19NO4. The Morgan fingerprint density at radius 1 is 1.30 bits per heavy atom. The molecule has 1 fully saturated rings. The van der Waals surface area contributed by atoms with E-state index in [4.69, 9.17) is 4.74 Å². The molecule has 1 aliphatic carbocycles. The lowest BCUT2D eigenvalue weighted by Gasteiger charge is -2.34. The Hall–Kier alpha value is -2.04. The zero-order valence-corrected chi connectivity index (χ0v) is 11.7. The Balaban J connectivity index is 2.03. The molecule has 0 unspecified atom stereocenters. The number of aliphatic carboxylic acids is 1. The van der Waals surface area contributed by atoms with Gasteiger partial charge in [0.2, 0.25) is 0 Å². The van der Waals surface area contributed by atoms with E-state index in [0.29, 0.717) is 0 Å². The highest BCUT2D eigenvalue weighted by Crippen LogP contribution is 2.33. The van der Waals surface area contributed by atoms with Gasteiger partial charge < -0.3 is 9.84 Å². The summed E-state index contributed by atoms with van der Waals surface area (Å²) >= 11 is 0. The highest BCUT2D eigenvalue weighted by Gasteiger charge is 2.47. The number of carbonyl (C=O) groups excluding carboxylic acids is 1. The van der Waals surface area contributed by atoms with Gasteiger partial charge in [-0.1, -0.05) is 30.3 Å². The van der Waals surface area contributed by atoms with Gasteiger partial charge in [-0.2, -0.15) is 0 Å². The van der Waals surface area contributed by atoms with Crippen molar-refractivity contribution in [3.05, 3.63) is 35.9 Å². The molecule has 1 aliphatic rings. The second-order valence-electron chi connectivity index (χ2n) is 5.51. The third-order valence-corrected chi connectivity index (χ3v) is 3.44. The van der Waals surface area contributed by atoms with Crippen LogP contribution in [0.25, 0.3) is 0 Å². The van der Waals surface area contributed by atoms with E-state index >= 15 is 0 Å². The summed E-state index contributed by atoms with van der Waals surface area (Å²) in [5, 5.41) is 9.27. The van der Waals surface area contributed by atoms with E-state index in [2.05, 4.69) is 0 Å². The number of carbonyl (C=O) groups is 2. The molecule has 20 heavy (non-hydrogen) atoms. The number of hydrogen-bond donors (Lipinski definition) is 1. The molecular weight excluding hydrogens is 258 g/mol. The fourth-order valence-corrected chi connectivity index (χ4v) is 2.06. The zero-order chi connectivity index (χ0) is 14.8. The van der Waals surface area contributed by atoms with E-state index in [0.717, 1.165) is 18.4 Å². The fraction of sp³-hybridized carbons (Fsp3) is 0.467. The van der Waals surface area contributed by atoms with Crippen LogP contribution in [-0.4, -0.2) is 33.6 Å². The molecule has 0 spiro atoms. The first-order valence-electron chi connectivity index (χ1n) is 6.66. The number of carboxylic acid groups (broad SMARTS) is 1. The number of amides is 1. The van der Waals surface area contributed by atoms with Crippen LogP contribution in [0.3, 0.4) is 0 Å². The van der Waals surface area contributed by atoms with Gasteiger partial charge >= 0.3 is 12.1 Å². The molecule has 0 atom stereocenters. The van der Waals surface area contributed by atoms with Gasteiger partial charge in [0.15, 0.2) is 0 Å². The molecule has 1 saturated carbocycles. The molecule has 1 amide bonds. The van der Waals surface area contributed by atoms with Gasteiger partial charge in [-0.25, -0.2) is 9.59 Å². The molecule has 0 bridgehead atoms. The molecule has 0 saturated heterocycles. The smallest absolute Gasteiger partial charge is 0.411 e. The quantitative estimate of drug-likeness (QED) is 0.898. The van der Waals surface area contributed by atoms with Crippen molar-refractivity contribution in [1.29, 1.82) is 0 Å². The fourth-order valence-electron chi connectivity index (χ4n) is 2.06. The van der Waals surface area contributed by atoms with Crippen molar-refractivity contribution in [2.24, 2.45) is 0 Å². The molecule has 0 radical (unpaired) electrons. The number of ether oxygens (including phenoxy) is 1. The monoisotopic (exact) mass is 277 g/mol. The summed E-state index contributed by atoms with van der Waals surface area (Å²) in [5.74, 6) is -1.03. The first-order chi connectivity index (χ1) is 9.43. The van der Waals surface area contributed by atoms with Crippen LogP contribution in [0.15, 0.2) is 30.3 Å². The minimum atomic E-state index is -1.26. The summed E-state index contributed by atoms with van der Waals surface area (Å²) in [6, 6.07) is 9.31. The molecule has 108 valence electrons. The predicted octanol–water partition coefficient (Wildman–Crippen LogP) is 2.65. The summed E-state index contributed by atoms with van der Waals surface area (Å²) in [7, 11) is 0. The van der Waals surface area contributed by atoms with Crippen LogP contribution in [-0.2, 0) is 16.1 Å². The Labute approximate surface area is 118 Å². The molecule has 5 nitrogen and oxygen atoms in total. The van der Waals surface area contributed by atoms with Gasteiger partial charge in [0.25, 0.3) is 0 Å². The van der Waals surface area contributed by atoms with E-state index in [9.17, 15) is 14.7 Å². The Morgan fingerprint density at radius 2 is 1.90 bits per heavy atom. The standard InChI is InChI=1S/C15H19NO4/c1-15(2,13(17)18)16(12-8-9-12)14(19)20-10-11-6-4-3-5-7-11/h3-7,12H,8-10H2,1-2H3,(H,17,18). The Kier molecular flexibility index (Phi) is 3.97. The first kappa shape index (κ1) is 14.4. The number of benzene rings is 1. The van der Waals surface area contributed by atoms with Crippen molar-refractivity contribution in [2.75, 3.05) is 0 Å². The van der Waals surface area contributed by atoms with Crippen LogP contribution in [0.2, 0.25) is 0 Å². The Bertz CT molecular complexity index is 494. The van der Waals surface area contributed by atoms with Crippen molar-refractivity contribution >= 4 is 12.1 Å². The molecule has 5 heteroatoms. The van der Waals surface area contributed by atoms with E-state index in [-0.39, 0.29) is 12.6 Å². The average molecular weight is 277 g/mol. The van der Waals surface area contributed by atoms with Gasteiger partial charge in [-0.3, -0.25) is 4.90 Å². The van der Waals surface area contributed by atoms with Gasteiger partial charge in [-0.05, 0) is 32.3 Å². The lowest BCUT2D eigenvalue weighted by Crippen LogP contribution is -2.54.